The molecule has 1 atom stereocenters. The average Bonchev–Trinajstić information content (AvgIpc) is 3.39. The van der Waals surface area contributed by atoms with Crippen molar-refractivity contribution in [1.29, 1.82) is 5.26 Å². The van der Waals surface area contributed by atoms with Crippen molar-refractivity contribution in [2.24, 2.45) is 0 Å². The summed E-state index contributed by atoms with van der Waals surface area (Å²) >= 11 is 0. The van der Waals surface area contributed by atoms with Crippen LogP contribution in [0.3, 0.4) is 0 Å². The second-order valence-electron chi connectivity index (χ2n) is 7.80. The van der Waals surface area contributed by atoms with Crippen LogP contribution < -0.4 is 4.90 Å². The molecule has 6 nitrogen and oxygen atoms in total. The van der Waals surface area contributed by atoms with E-state index in [1.165, 1.54) is 4.90 Å². The number of aryl methyl sites for hydroxylation is 1. The minimum Gasteiger partial charge on any atom is -0.507 e. The van der Waals surface area contributed by atoms with E-state index in [1.54, 1.807) is 55.5 Å². The van der Waals surface area contributed by atoms with Gasteiger partial charge in [-0.25, -0.2) is 0 Å². The standard InChI is InChI=1S/C27H18N2O4/c1-16-9-14-22(33-16)24-23(25(30)21-8-4-6-18-5-2-3-7-20(18)21)26(31)27(32)29(24)19-12-10-17(15-28)11-13-19/h2-14,24,30H,1H3/b25-23-. The number of amides is 1. The van der Waals surface area contributed by atoms with Crippen LogP contribution in [0, 0.1) is 18.3 Å². The number of carbonyl (C=O) groups is 2. The predicted octanol–water partition coefficient (Wildman–Crippen LogP) is 5.24. The second kappa shape index (κ2) is 7.81. The molecule has 0 aliphatic carbocycles. The molecular formula is C27H18N2O4. The Hall–Kier alpha value is -4.63. The number of aliphatic hydroxyl groups is 1. The van der Waals surface area contributed by atoms with Crippen molar-refractivity contribution in [3.63, 3.8) is 0 Å². The fourth-order valence-electron chi connectivity index (χ4n) is 4.24. The van der Waals surface area contributed by atoms with E-state index in [0.717, 1.165) is 10.8 Å². The van der Waals surface area contributed by atoms with Crippen LogP contribution in [0.2, 0.25) is 0 Å². The van der Waals surface area contributed by atoms with Gasteiger partial charge in [-0.2, -0.15) is 5.26 Å². The minimum atomic E-state index is -0.953. The fraction of sp³-hybridized carbons (Fsp3) is 0.0741. The third kappa shape index (κ3) is 3.27. The molecule has 0 spiro atoms. The molecule has 6 heteroatoms. The molecule has 0 bridgehead atoms. The SMILES string of the molecule is Cc1ccc(C2/C(=C(/O)c3cccc4ccccc34)C(=O)C(=O)N2c2ccc(C#N)cc2)o1. The molecule has 1 fully saturated rings. The topological polar surface area (TPSA) is 94.5 Å². The quantitative estimate of drug-likeness (QED) is 0.270. The summed E-state index contributed by atoms with van der Waals surface area (Å²) in [6.45, 7) is 1.77. The zero-order valence-electron chi connectivity index (χ0n) is 17.6. The number of carbonyl (C=O) groups excluding carboxylic acids is 2. The molecule has 1 aromatic heterocycles. The lowest BCUT2D eigenvalue weighted by atomic mass is 9.96. The van der Waals surface area contributed by atoms with Crippen LogP contribution in [0.25, 0.3) is 16.5 Å². The summed E-state index contributed by atoms with van der Waals surface area (Å²) in [4.78, 5) is 27.7. The summed E-state index contributed by atoms with van der Waals surface area (Å²) < 4.78 is 5.82. The Morgan fingerprint density at radius 2 is 1.70 bits per heavy atom. The Kier molecular flexibility index (Phi) is 4.80. The maximum atomic E-state index is 13.3. The zero-order valence-corrected chi connectivity index (χ0v) is 17.6. The van der Waals surface area contributed by atoms with Crippen LogP contribution in [0.5, 0.6) is 0 Å². The predicted molar refractivity (Wildman–Crippen MR) is 123 cm³/mol. The molecule has 2 heterocycles. The number of benzene rings is 3. The van der Waals surface area contributed by atoms with E-state index in [9.17, 15) is 14.7 Å². The number of aliphatic hydroxyl groups excluding tert-OH is 1. The van der Waals surface area contributed by atoms with Crippen molar-refractivity contribution >= 4 is 33.9 Å². The highest BCUT2D eigenvalue weighted by Gasteiger charge is 2.48. The first-order chi connectivity index (χ1) is 16.0. The minimum absolute atomic E-state index is 0.0462. The van der Waals surface area contributed by atoms with E-state index >= 15 is 0 Å². The van der Waals surface area contributed by atoms with Crippen molar-refractivity contribution in [1.82, 2.24) is 0 Å². The van der Waals surface area contributed by atoms with Crippen LogP contribution in [0.1, 0.15) is 28.7 Å². The van der Waals surface area contributed by atoms with E-state index in [1.807, 2.05) is 36.4 Å². The number of nitrogens with zero attached hydrogens (tertiary/aromatic N) is 2. The number of hydrogen-bond donors (Lipinski definition) is 1. The fourth-order valence-corrected chi connectivity index (χ4v) is 4.24. The smallest absolute Gasteiger partial charge is 0.300 e. The molecule has 4 aromatic rings. The Balaban J connectivity index is 1.75. The van der Waals surface area contributed by atoms with Crippen molar-refractivity contribution < 1.29 is 19.1 Å². The van der Waals surface area contributed by atoms with Crippen LogP contribution in [0.15, 0.2) is 88.9 Å². The highest BCUT2D eigenvalue weighted by atomic mass is 16.3. The molecule has 1 N–H and O–H groups in total. The molecule has 1 aliphatic heterocycles. The first-order valence-corrected chi connectivity index (χ1v) is 10.3. The van der Waals surface area contributed by atoms with E-state index in [2.05, 4.69) is 0 Å². The molecule has 33 heavy (non-hydrogen) atoms. The summed E-state index contributed by atoms with van der Waals surface area (Å²) in [5, 5.41) is 22.2. The molecule has 1 amide bonds. The average molecular weight is 434 g/mol. The van der Waals surface area contributed by atoms with Gasteiger partial charge in [-0.1, -0.05) is 42.5 Å². The molecular weight excluding hydrogens is 416 g/mol. The van der Waals surface area contributed by atoms with Crippen molar-refractivity contribution in [2.75, 3.05) is 4.90 Å². The molecule has 0 saturated carbocycles. The first kappa shape index (κ1) is 20.3. The summed E-state index contributed by atoms with van der Waals surface area (Å²) in [6.07, 6.45) is 0. The highest BCUT2D eigenvalue weighted by molar-refractivity contribution is 6.51. The summed E-state index contributed by atoms with van der Waals surface area (Å²) in [6, 6.07) is 23.8. The largest absolute Gasteiger partial charge is 0.507 e. The lowest BCUT2D eigenvalue weighted by Gasteiger charge is -2.23. The molecule has 1 unspecified atom stereocenters. The van der Waals surface area contributed by atoms with E-state index in [0.29, 0.717) is 28.3 Å². The Labute approximate surface area is 189 Å². The van der Waals surface area contributed by atoms with Gasteiger partial charge in [-0.05, 0) is 54.1 Å². The van der Waals surface area contributed by atoms with Gasteiger partial charge >= 0.3 is 0 Å². The molecule has 1 aliphatic rings. The lowest BCUT2D eigenvalue weighted by Crippen LogP contribution is -2.29. The maximum absolute atomic E-state index is 13.3. The van der Waals surface area contributed by atoms with E-state index in [4.69, 9.17) is 9.68 Å². The number of ketones is 1. The summed E-state index contributed by atoms with van der Waals surface area (Å²) in [5.74, 6) is -0.872. The van der Waals surface area contributed by atoms with Crippen molar-refractivity contribution in [3.05, 3.63) is 107 Å². The first-order valence-electron chi connectivity index (χ1n) is 10.3. The number of nitriles is 1. The van der Waals surface area contributed by atoms with Gasteiger partial charge in [0.25, 0.3) is 11.7 Å². The summed E-state index contributed by atoms with van der Waals surface area (Å²) in [7, 11) is 0. The third-order valence-corrected chi connectivity index (χ3v) is 5.79. The van der Waals surface area contributed by atoms with Gasteiger partial charge in [0.2, 0.25) is 0 Å². The number of hydrogen-bond acceptors (Lipinski definition) is 5. The number of anilines is 1. The molecule has 1 saturated heterocycles. The second-order valence-corrected chi connectivity index (χ2v) is 7.80. The van der Waals surface area contributed by atoms with Crippen LogP contribution in [0.4, 0.5) is 5.69 Å². The highest BCUT2D eigenvalue weighted by Crippen LogP contribution is 2.43. The van der Waals surface area contributed by atoms with Gasteiger partial charge in [0.1, 0.15) is 23.3 Å². The molecule has 3 aromatic carbocycles. The van der Waals surface area contributed by atoms with Gasteiger partial charge in [0.15, 0.2) is 0 Å². The number of Topliss-reactive ketones (excluding diaryl/α,β-unsaturated/α-hetero) is 1. The molecule has 160 valence electrons. The molecule has 5 rings (SSSR count). The van der Waals surface area contributed by atoms with E-state index in [-0.39, 0.29) is 11.3 Å². The Morgan fingerprint density at radius 3 is 2.39 bits per heavy atom. The van der Waals surface area contributed by atoms with Crippen LogP contribution >= 0.6 is 0 Å². The summed E-state index contributed by atoms with van der Waals surface area (Å²) in [5.41, 5.74) is 1.26. The zero-order chi connectivity index (χ0) is 23.1. The van der Waals surface area contributed by atoms with E-state index < -0.39 is 17.7 Å². The van der Waals surface area contributed by atoms with Gasteiger partial charge < -0.3 is 9.52 Å². The van der Waals surface area contributed by atoms with Crippen LogP contribution in [-0.4, -0.2) is 16.8 Å². The number of furan rings is 1. The van der Waals surface area contributed by atoms with Gasteiger partial charge in [0, 0.05) is 11.3 Å². The Morgan fingerprint density at radius 1 is 0.970 bits per heavy atom. The van der Waals surface area contributed by atoms with Crippen LogP contribution in [-0.2, 0) is 9.59 Å². The number of fused-ring (bicyclic) bond motifs is 1. The van der Waals surface area contributed by atoms with Gasteiger partial charge in [-0.3, -0.25) is 14.5 Å². The lowest BCUT2D eigenvalue weighted by molar-refractivity contribution is -0.132. The maximum Gasteiger partial charge on any atom is 0.300 e. The third-order valence-electron chi connectivity index (χ3n) is 5.79. The molecule has 0 radical (unpaired) electrons. The normalized spacial score (nSPS) is 17.5. The van der Waals surface area contributed by atoms with Crippen molar-refractivity contribution in [3.8, 4) is 6.07 Å². The van der Waals surface area contributed by atoms with Crippen molar-refractivity contribution in [2.45, 2.75) is 13.0 Å². The Bertz CT molecular complexity index is 1480. The van der Waals surface area contributed by atoms with Gasteiger partial charge in [0.05, 0.1) is 17.2 Å². The monoisotopic (exact) mass is 434 g/mol. The van der Waals surface area contributed by atoms with Gasteiger partial charge in [-0.15, -0.1) is 0 Å². The number of rotatable bonds is 3.